The van der Waals surface area contributed by atoms with E-state index in [1.54, 1.807) is 6.07 Å². The summed E-state index contributed by atoms with van der Waals surface area (Å²) in [6.07, 6.45) is 3.79. The Morgan fingerprint density at radius 1 is 1.06 bits per heavy atom. The van der Waals surface area contributed by atoms with E-state index in [4.69, 9.17) is 4.74 Å². The largest absolute Gasteiger partial charge is 0.496 e. The number of amides is 1. The third-order valence-electron chi connectivity index (χ3n) is 5.88. The van der Waals surface area contributed by atoms with Gasteiger partial charge in [-0.2, -0.15) is 4.31 Å². The van der Waals surface area contributed by atoms with Gasteiger partial charge in [-0.15, -0.1) is 0 Å². The van der Waals surface area contributed by atoms with Crippen LogP contribution in [0.2, 0.25) is 0 Å². The van der Waals surface area contributed by atoms with Gasteiger partial charge in [-0.05, 0) is 50.7 Å². The number of methoxy groups -OCH3 is 1. The average Bonchev–Trinajstić information content (AvgIpc) is 3.09. The number of carbonyl (C=O) groups excluding carboxylic acids is 1. The van der Waals surface area contributed by atoms with Crippen LogP contribution in [0.25, 0.3) is 0 Å². The third kappa shape index (κ3) is 5.68. The maximum Gasteiger partial charge on any atom is 0.255 e. The lowest BCUT2D eigenvalue weighted by Crippen LogP contribution is -2.35. The van der Waals surface area contributed by atoms with E-state index < -0.39 is 10.0 Å². The molecule has 2 aromatic carbocycles. The van der Waals surface area contributed by atoms with Gasteiger partial charge in [-0.1, -0.05) is 43.2 Å². The number of sulfonamides is 1. The highest BCUT2D eigenvalue weighted by atomic mass is 32.2. The fraction of sp³-hybridized carbons (Fsp3) is 0.458. The van der Waals surface area contributed by atoms with Gasteiger partial charge in [0.05, 0.1) is 23.6 Å². The minimum atomic E-state index is -3.66. The molecule has 0 aromatic heterocycles. The van der Waals surface area contributed by atoms with Gasteiger partial charge in [-0.3, -0.25) is 4.79 Å². The first-order valence-corrected chi connectivity index (χ1v) is 12.5. The van der Waals surface area contributed by atoms with Crippen LogP contribution in [0.5, 0.6) is 5.75 Å². The Morgan fingerprint density at radius 3 is 2.31 bits per heavy atom. The van der Waals surface area contributed by atoms with Crippen LogP contribution in [0.15, 0.2) is 53.4 Å². The van der Waals surface area contributed by atoms with Crippen molar-refractivity contribution in [2.45, 2.75) is 36.6 Å². The zero-order valence-electron chi connectivity index (χ0n) is 19.1. The molecule has 1 N–H and O–H groups in total. The van der Waals surface area contributed by atoms with Gasteiger partial charge < -0.3 is 15.0 Å². The number of benzene rings is 2. The summed E-state index contributed by atoms with van der Waals surface area (Å²) in [6, 6.07) is 14.4. The lowest BCUT2D eigenvalue weighted by atomic mass is 10.1. The molecule has 3 rings (SSSR count). The quantitative estimate of drug-likeness (QED) is 0.655. The van der Waals surface area contributed by atoms with E-state index in [1.165, 1.54) is 23.5 Å². The minimum absolute atomic E-state index is 0.0184. The van der Waals surface area contributed by atoms with E-state index in [9.17, 15) is 13.2 Å². The number of rotatable bonds is 8. The second-order valence-electron chi connectivity index (χ2n) is 8.28. The van der Waals surface area contributed by atoms with Gasteiger partial charge in [-0.25, -0.2) is 8.42 Å². The Morgan fingerprint density at radius 2 is 1.72 bits per heavy atom. The van der Waals surface area contributed by atoms with Gasteiger partial charge in [0, 0.05) is 19.6 Å². The van der Waals surface area contributed by atoms with Crippen molar-refractivity contribution in [3.63, 3.8) is 0 Å². The van der Waals surface area contributed by atoms with E-state index >= 15 is 0 Å². The van der Waals surface area contributed by atoms with Crippen LogP contribution in [-0.2, 0) is 10.0 Å². The van der Waals surface area contributed by atoms with Gasteiger partial charge in [0.15, 0.2) is 0 Å². The van der Waals surface area contributed by atoms with Crippen molar-refractivity contribution in [3.8, 4) is 5.75 Å². The predicted molar refractivity (Wildman–Crippen MR) is 125 cm³/mol. The smallest absolute Gasteiger partial charge is 0.255 e. The lowest BCUT2D eigenvalue weighted by molar-refractivity contribution is 0.0938. The highest BCUT2D eigenvalue weighted by Crippen LogP contribution is 2.26. The van der Waals surface area contributed by atoms with Crippen LogP contribution in [-0.4, -0.2) is 64.4 Å². The van der Waals surface area contributed by atoms with Crippen molar-refractivity contribution in [1.29, 1.82) is 0 Å². The zero-order chi connectivity index (χ0) is 23.1. The van der Waals surface area contributed by atoms with Crippen molar-refractivity contribution >= 4 is 15.9 Å². The van der Waals surface area contributed by atoms with E-state index in [-0.39, 0.29) is 22.4 Å². The summed E-state index contributed by atoms with van der Waals surface area (Å²) in [5, 5.41) is 2.95. The molecule has 1 fully saturated rings. The Hall–Kier alpha value is -2.42. The van der Waals surface area contributed by atoms with Gasteiger partial charge in [0.1, 0.15) is 5.75 Å². The summed E-state index contributed by atoms with van der Waals surface area (Å²) in [5.74, 6) is -0.0176. The Balaban J connectivity index is 1.82. The fourth-order valence-corrected chi connectivity index (χ4v) is 5.56. The Bertz CT molecular complexity index is 1000. The van der Waals surface area contributed by atoms with Crippen LogP contribution in [0.1, 0.15) is 47.6 Å². The Kier molecular flexibility index (Phi) is 8.28. The summed E-state index contributed by atoms with van der Waals surface area (Å²) in [6.45, 7) is 1.40. The number of hydrogen-bond donors (Lipinski definition) is 1. The first-order chi connectivity index (χ1) is 15.3. The molecule has 0 aliphatic carbocycles. The average molecular weight is 460 g/mol. The van der Waals surface area contributed by atoms with E-state index in [0.717, 1.165) is 31.2 Å². The fourth-order valence-electron chi connectivity index (χ4n) is 4.01. The highest BCUT2D eigenvalue weighted by molar-refractivity contribution is 7.89. The second kappa shape index (κ2) is 10.9. The minimum Gasteiger partial charge on any atom is -0.496 e. The van der Waals surface area contributed by atoms with Gasteiger partial charge in [0.2, 0.25) is 10.0 Å². The number of nitrogens with zero attached hydrogens (tertiary/aromatic N) is 2. The molecule has 1 saturated heterocycles. The highest BCUT2D eigenvalue weighted by Gasteiger charge is 2.27. The van der Waals surface area contributed by atoms with Crippen molar-refractivity contribution < 1.29 is 17.9 Å². The van der Waals surface area contributed by atoms with Crippen LogP contribution in [0.3, 0.4) is 0 Å². The Labute approximate surface area is 191 Å². The van der Waals surface area contributed by atoms with Crippen LogP contribution in [0, 0.1) is 0 Å². The number of nitrogens with one attached hydrogen (secondary N) is 1. The second-order valence-corrected chi connectivity index (χ2v) is 10.2. The third-order valence-corrected chi connectivity index (χ3v) is 7.78. The first-order valence-electron chi connectivity index (χ1n) is 11.0. The molecule has 0 saturated carbocycles. The van der Waals surface area contributed by atoms with Crippen LogP contribution in [0.4, 0.5) is 0 Å². The monoisotopic (exact) mass is 459 g/mol. The molecule has 0 spiro atoms. The van der Waals surface area contributed by atoms with E-state index in [2.05, 4.69) is 5.32 Å². The zero-order valence-corrected chi connectivity index (χ0v) is 19.9. The normalized spacial score (nSPS) is 16.4. The summed E-state index contributed by atoms with van der Waals surface area (Å²) < 4.78 is 33.3. The number of likely N-dealkylation sites (N-methyl/N-ethyl adjacent to an activating group) is 1. The number of ether oxygens (including phenoxy) is 1. The number of carbonyl (C=O) groups is 1. The predicted octanol–water partition coefficient (Wildman–Crippen LogP) is 3.29. The summed E-state index contributed by atoms with van der Waals surface area (Å²) in [5.41, 5.74) is 1.30. The van der Waals surface area contributed by atoms with Gasteiger partial charge >= 0.3 is 0 Å². The summed E-state index contributed by atoms with van der Waals surface area (Å²) >= 11 is 0. The van der Waals surface area contributed by atoms with E-state index in [0.29, 0.717) is 25.4 Å². The molecule has 2 aromatic rings. The SMILES string of the molecule is COc1ccc(S(=O)(=O)N2CCCCCC2)cc1C(=O)NC[C@@H](c1ccccc1)N(C)C. The molecule has 1 atom stereocenters. The first kappa shape index (κ1) is 24.2. The molecule has 1 amide bonds. The van der Waals surface area contributed by atoms with Crippen molar-refractivity contribution in [1.82, 2.24) is 14.5 Å². The maximum atomic E-state index is 13.2. The molecule has 0 radical (unpaired) electrons. The molecular weight excluding hydrogens is 426 g/mol. The molecule has 1 heterocycles. The molecule has 1 aliphatic heterocycles. The topological polar surface area (TPSA) is 79.0 Å². The molecular formula is C24H33N3O4S. The van der Waals surface area contributed by atoms with E-state index in [1.807, 2.05) is 49.3 Å². The van der Waals surface area contributed by atoms with Crippen LogP contribution < -0.4 is 10.1 Å². The summed E-state index contributed by atoms with van der Waals surface area (Å²) in [7, 11) is 1.72. The maximum absolute atomic E-state index is 13.2. The molecule has 0 bridgehead atoms. The number of hydrogen-bond acceptors (Lipinski definition) is 5. The standard InChI is InChI=1S/C24H33N3O4S/c1-26(2)22(19-11-7-6-8-12-19)18-25-24(28)21-17-20(13-14-23(21)31-3)32(29,30)27-15-9-4-5-10-16-27/h6-8,11-14,17,22H,4-5,9-10,15-16,18H2,1-3H3,(H,25,28)/t22-/m0/s1. The van der Waals surface area contributed by atoms with Crippen LogP contribution >= 0.6 is 0 Å². The molecule has 174 valence electrons. The van der Waals surface area contributed by atoms with Crippen molar-refractivity contribution in [2.24, 2.45) is 0 Å². The molecule has 32 heavy (non-hydrogen) atoms. The lowest BCUT2D eigenvalue weighted by Gasteiger charge is -2.25. The molecule has 0 unspecified atom stereocenters. The molecule has 8 heteroatoms. The molecule has 7 nitrogen and oxygen atoms in total. The van der Waals surface area contributed by atoms with Crippen molar-refractivity contribution in [2.75, 3.05) is 40.8 Å². The molecule has 1 aliphatic rings. The van der Waals surface area contributed by atoms with Gasteiger partial charge in [0.25, 0.3) is 5.91 Å². The van der Waals surface area contributed by atoms with Crippen molar-refractivity contribution in [3.05, 3.63) is 59.7 Å². The summed E-state index contributed by atoms with van der Waals surface area (Å²) in [4.78, 5) is 15.2.